The molecular weight excluding hydrogens is 452 g/mol. The van der Waals surface area contributed by atoms with Crippen molar-refractivity contribution < 1.29 is 0 Å². The van der Waals surface area contributed by atoms with Crippen molar-refractivity contribution in [2.45, 2.75) is 6.42 Å². The van der Waals surface area contributed by atoms with Crippen LogP contribution in [0.2, 0.25) is 0 Å². The highest BCUT2D eigenvalue weighted by atomic mass is 79.9. The van der Waals surface area contributed by atoms with Gasteiger partial charge >= 0.3 is 0 Å². The van der Waals surface area contributed by atoms with Gasteiger partial charge in [-0.2, -0.15) is 9.61 Å². The quantitative estimate of drug-likeness (QED) is 0.480. The van der Waals surface area contributed by atoms with Gasteiger partial charge in [0.2, 0.25) is 0 Å². The first-order valence-corrected chi connectivity index (χ1v) is 11.3. The van der Waals surface area contributed by atoms with E-state index in [4.69, 9.17) is 10.7 Å². The van der Waals surface area contributed by atoms with Gasteiger partial charge in [0.25, 0.3) is 0 Å². The lowest BCUT2D eigenvalue weighted by Crippen LogP contribution is -2.44. The number of rotatable bonds is 4. The smallest absolute Gasteiger partial charge is 0.165 e. The Balaban J connectivity index is 1.46. The molecule has 0 aliphatic carbocycles. The molecule has 1 aliphatic rings. The highest BCUT2D eigenvalue weighted by molar-refractivity contribution is 9.10. The molecule has 5 rings (SSSR count). The van der Waals surface area contributed by atoms with Gasteiger partial charge < -0.3 is 15.5 Å². The van der Waals surface area contributed by atoms with Gasteiger partial charge in [-0.15, -0.1) is 0 Å². The molecule has 7 heteroatoms. The fourth-order valence-electron chi connectivity index (χ4n) is 4.13. The number of nitrogen functional groups attached to an aromatic ring is 1. The van der Waals surface area contributed by atoms with Crippen LogP contribution >= 0.6 is 15.9 Å². The summed E-state index contributed by atoms with van der Waals surface area (Å²) in [5.41, 5.74) is 12.8. The van der Waals surface area contributed by atoms with E-state index in [1.807, 2.05) is 24.5 Å². The van der Waals surface area contributed by atoms with E-state index < -0.39 is 0 Å². The molecule has 6 nitrogen and oxygen atoms in total. The number of anilines is 2. The SMILES string of the molecule is CN1CCN(c2cccc(-c3cnn4c(N)c(Cc5cccc(Br)c5)cnc34)c2)CC1. The Kier molecular flexibility index (Phi) is 5.38. The third-order valence-electron chi connectivity index (χ3n) is 5.95. The molecule has 2 aromatic heterocycles. The maximum Gasteiger partial charge on any atom is 0.165 e. The van der Waals surface area contributed by atoms with E-state index in [1.165, 1.54) is 11.3 Å². The maximum absolute atomic E-state index is 6.49. The van der Waals surface area contributed by atoms with Crippen LogP contribution in [-0.2, 0) is 6.42 Å². The minimum absolute atomic E-state index is 0.631. The minimum atomic E-state index is 0.631. The van der Waals surface area contributed by atoms with Crippen molar-refractivity contribution in [2.75, 3.05) is 43.9 Å². The van der Waals surface area contributed by atoms with E-state index in [-0.39, 0.29) is 0 Å². The predicted molar refractivity (Wildman–Crippen MR) is 129 cm³/mol. The summed E-state index contributed by atoms with van der Waals surface area (Å²) in [5, 5.41) is 4.57. The van der Waals surface area contributed by atoms with E-state index in [0.717, 1.165) is 53.0 Å². The summed E-state index contributed by atoms with van der Waals surface area (Å²) < 4.78 is 2.81. The summed E-state index contributed by atoms with van der Waals surface area (Å²) in [5.74, 6) is 0.631. The Morgan fingerprint density at radius 2 is 1.81 bits per heavy atom. The van der Waals surface area contributed by atoms with Crippen molar-refractivity contribution in [3.8, 4) is 11.1 Å². The number of halogens is 1. The molecule has 1 saturated heterocycles. The van der Waals surface area contributed by atoms with Crippen molar-refractivity contribution in [2.24, 2.45) is 0 Å². The molecule has 158 valence electrons. The third kappa shape index (κ3) is 4.03. The molecule has 0 saturated carbocycles. The first-order chi connectivity index (χ1) is 15.1. The summed E-state index contributed by atoms with van der Waals surface area (Å²) >= 11 is 3.53. The molecule has 2 N–H and O–H groups in total. The number of hydrogen-bond donors (Lipinski definition) is 1. The number of hydrogen-bond acceptors (Lipinski definition) is 5. The van der Waals surface area contributed by atoms with E-state index in [0.29, 0.717) is 12.2 Å². The van der Waals surface area contributed by atoms with E-state index in [1.54, 1.807) is 4.52 Å². The molecule has 4 aromatic rings. The normalized spacial score (nSPS) is 15.0. The molecule has 0 unspecified atom stereocenters. The van der Waals surface area contributed by atoms with Crippen molar-refractivity contribution >= 4 is 33.1 Å². The minimum Gasteiger partial charge on any atom is -0.383 e. The highest BCUT2D eigenvalue weighted by Crippen LogP contribution is 2.29. The predicted octanol–water partition coefficient (Wildman–Crippen LogP) is 4.08. The van der Waals surface area contributed by atoms with Crippen LogP contribution in [0.5, 0.6) is 0 Å². The van der Waals surface area contributed by atoms with Crippen LogP contribution in [0, 0.1) is 0 Å². The second-order valence-corrected chi connectivity index (χ2v) is 9.03. The van der Waals surface area contributed by atoms with Gasteiger partial charge in [0.15, 0.2) is 5.65 Å². The van der Waals surface area contributed by atoms with E-state index in [2.05, 4.69) is 74.3 Å². The van der Waals surface area contributed by atoms with E-state index >= 15 is 0 Å². The molecular formula is C24H25BrN6. The molecule has 0 amide bonds. The zero-order valence-electron chi connectivity index (χ0n) is 17.5. The maximum atomic E-state index is 6.49. The molecule has 0 radical (unpaired) electrons. The standard InChI is InChI=1S/C24H25BrN6/c1-29-8-10-30(11-9-29)21-7-3-5-18(14-21)22-16-28-31-23(26)19(15-27-24(22)31)12-17-4-2-6-20(25)13-17/h2-7,13-16H,8-12,26H2,1H3. The summed E-state index contributed by atoms with van der Waals surface area (Å²) in [7, 11) is 2.17. The molecule has 0 spiro atoms. The first-order valence-electron chi connectivity index (χ1n) is 10.5. The van der Waals surface area contributed by atoms with Crippen LogP contribution < -0.4 is 10.6 Å². The number of benzene rings is 2. The molecule has 1 fully saturated rings. The number of fused-ring (bicyclic) bond motifs is 1. The average Bonchev–Trinajstić information content (AvgIpc) is 3.21. The second-order valence-electron chi connectivity index (χ2n) is 8.11. The molecule has 1 aliphatic heterocycles. The zero-order chi connectivity index (χ0) is 21.4. The Bertz CT molecular complexity index is 1230. The van der Waals surface area contributed by atoms with Gasteiger partial charge in [-0.25, -0.2) is 4.98 Å². The lowest BCUT2D eigenvalue weighted by atomic mass is 10.1. The van der Waals surface area contributed by atoms with Gasteiger partial charge in [0.05, 0.1) is 6.20 Å². The number of nitrogens with zero attached hydrogens (tertiary/aromatic N) is 5. The summed E-state index contributed by atoms with van der Waals surface area (Å²) in [6.45, 7) is 4.25. The van der Waals surface area contributed by atoms with Crippen LogP contribution in [-0.4, -0.2) is 52.7 Å². The number of aromatic nitrogens is 3. The third-order valence-corrected chi connectivity index (χ3v) is 6.45. The Morgan fingerprint density at radius 1 is 1.00 bits per heavy atom. The number of nitrogens with two attached hydrogens (primary N) is 1. The van der Waals surface area contributed by atoms with Crippen molar-refractivity contribution in [3.63, 3.8) is 0 Å². The zero-order valence-corrected chi connectivity index (χ0v) is 19.1. The van der Waals surface area contributed by atoms with Crippen molar-refractivity contribution in [3.05, 3.63) is 76.5 Å². The Morgan fingerprint density at radius 3 is 2.61 bits per heavy atom. The topological polar surface area (TPSA) is 62.7 Å². The van der Waals surface area contributed by atoms with Gasteiger partial charge in [-0.3, -0.25) is 0 Å². The van der Waals surface area contributed by atoms with Crippen molar-refractivity contribution in [1.82, 2.24) is 19.5 Å². The molecule has 0 atom stereocenters. The Labute approximate surface area is 190 Å². The van der Waals surface area contributed by atoms with Gasteiger partial charge in [0.1, 0.15) is 5.82 Å². The van der Waals surface area contributed by atoms with Crippen LogP contribution in [0.4, 0.5) is 11.5 Å². The van der Waals surface area contributed by atoms with Gasteiger partial charge in [-0.1, -0.05) is 40.2 Å². The van der Waals surface area contributed by atoms with Crippen LogP contribution in [0.3, 0.4) is 0 Å². The number of piperazine rings is 1. The fourth-order valence-corrected chi connectivity index (χ4v) is 4.57. The Hall–Kier alpha value is -2.90. The monoisotopic (exact) mass is 476 g/mol. The lowest BCUT2D eigenvalue weighted by molar-refractivity contribution is 0.313. The number of likely N-dealkylation sites (N-methyl/N-ethyl adjacent to an activating group) is 1. The molecule has 0 bridgehead atoms. The largest absolute Gasteiger partial charge is 0.383 e. The average molecular weight is 477 g/mol. The summed E-state index contributed by atoms with van der Waals surface area (Å²) in [6.07, 6.45) is 4.45. The molecule has 3 heterocycles. The van der Waals surface area contributed by atoms with E-state index in [9.17, 15) is 0 Å². The molecule has 31 heavy (non-hydrogen) atoms. The fraction of sp³-hybridized carbons (Fsp3) is 0.250. The van der Waals surface area contributed by atoms with Gasteiger partial charge in [0, 0.05) is 60.1 Å². The van der Waals surface area contributed by atoms with Crippen LogP contribution in [0.1, 0.15) is 11.1 Å². The molecule has 2 aromatic carbocycles. The van der Waals surface area contributed by atoms with Gasteiger partial charge in [-0.05, 0) is 42.4 Å². The second kappa shape index (κ2) is 8.32. The summed E-state index contributed by atoms with van der Waals surface area (Å²) in [6, 6.07) is 16.9. The van der Waals surface area contributed by atoms with Crippen LogP contribution in [0.15, 0.2) is 65.4 Å². The van der Waals surface area contributed by atoms with Crippen LogP contribution in [0.25, 0.3) is 16.8 Å². The first kappa shape index (κ1) is 20.0. The highest BCUT2D eigenvalue weighted by Gasteiger charge is 2.17. The summed E-state index contributed by atoms with van der Waals surface area (Å²) in [4.78, 5) is 9.54. The van der Waals surface area contributed by atoms with Crippen molar-refractivity contribution in [1.29, 1.82) is 0 Å². The lowest BCUT2D eigenvalue weighted by Gasteiger charge is -2.34.